The number of H-pyrrole nitrogens is 1. The van der Waals surface area contributed by atoms with Gasteiger partial charge in [0.2, 0.25) is 5.91 Å². The minimum absolute atomic E-state index is 0.144. The molecule has 0 bridgehead atoms. The predicted octanol–water partition coefficient (Wildman–Crippen LogP) is 2.45. The lowest BCUT2D eigenvalue weighted by molar-refractivity contribution is -0.115. The lowest BCUT2D eigenvalue weighted by Gasteiger charge is -2.10. The van der Waals surface area contributed by atoms with Crippen molar-refractivity contribution >= 4 is 28.4 Å². The minimum Gasteiger partial charge on any atom is -0.361 e. The normalized spacial score (nSPS) is 10.6. The van der Waals surface area contributed by atoms with Crippen LogP contribution in [-0.2, 0) is 11.2 Å². The van der Waals surface area contributed by atoms with E-state index in [1.54, 1.807) is 26.2 Å². The number of nitrogens with zero attached hydrogens (tertiary/aromatic N) is 2. The number of anilines is 1. The summed E-state index contributed by atoms with van der Waals surface area (Å²) in [5.41, 5.74) is 2.79. The Kier molecular flexibility index (Phi) is 4.29. The molecule has 0 atom stereocenters. The van der Waals surface area contributed by atoms with Crippen molar-refractivity contribution in [2.24, 2.45) is 0 Å². The third-order valence-electron chi connectivity index (χ3n) is 3.69. The van der Waals surface area contributed by atoms with E-state index in [0.717, 1.165) is 16.5 Å². The fourth-order valence-corrected chi connectivity index (χ4v) is 2.51. The summed E-state index contributed by atoms with van der Waals surface area (Å²) in [6, 6.07) is 11.1. The molecular weight excluding hydrogens is 304 g/mol. The Bertz CT molecular complexity index is 899. The number of aromatic nitrogens is 2. The maximum absolute atomic E-state index is 12.3. The molecule has 0 saturated carbocycles. The summed E-state index contributed by atoms with van der Waals surface area (Å²) in [4.78, 5) is 32.9. The fraction of sp³-hybridized carbons (Fsp3) is 0.167. The lowest BCUT2D eigenvalue weighted by atomic mass is 10.1. The van der Waals surface area contributed by atoms with Gasteiger partial charge >= 0.3 is 0 Å². The van der Waals surface area contributed by atoms with Gasteiger partial charge in [-0.25, -0.2) is 0 Å². The summed E-state index contributed by atoms with van der Waals surface area (Å²) in [5, 5.41) is 3.85. The summed E-state index contributed by atoms with van der Waals surface area (Å²) < 4.78 is 0. The quantitative estimate of drug-likeness (QED) is 0.774. The largest absolute Gasteiger partial charge is 0.361 e. The standard InChI is InChI=1S/C18H18N4O2/c1-22(2)18(24)16-10-13(7-8-19-16)21-17(23)9-12-11-20-15-6-4-3-5-14(12)15/h3-8,10-11,20H,9H2,1-2H3,(H,19,21,23). The van der Waals surface area contributed by atoms with Gasteiger partial charge in [-0.15, -0.1) is 0 Å². The molecule has 3 rings (SSSR count). The molecule has 2 amide bonds. The molecule has 0 fully saturated rings. The van der Waals surface area contributed by atoms with E-state index in [1.807, 2.05) is 30.5 Å². The number of aromatic amines is 1. The Morgan fingerprint density at radius 2 is 2.00 bits per heavy atom. The number of benzene rings is 1. The van der Waals surface area contributed by atoms with Crippen LogP contribution in [0.1, 0.15) is 16.1 Å². The number of pyridine rings is 1. The number of para-hydroxylation sites is 1. The van der Waals surface area contributed by atoms with Crippen molar-refractivity contribution in [2.75, 3.05) is 19.4 Å². The minimum atomic E-state index is -0.206. The first-order valence-corrected chi connectivity index (χ1v) is 7.57. The first-order valence-electron chi connectivity index (χ1n) is 7.57. The number of carbonyl (C=O) groups excluding carboxylic acids is 2. The zero-order valence-electron chi connectivity index (χ0n) is 13.5. The lowest BCUT2D eigenvalue weighted by Crippen LogP contribution is -2.23. The van der Waals surface area contributed by atoms with E-state index in [2.05, 4.69) is 15.3 Å². The second-order valence-electron chi connectivity index (χ2n) is 5.71. The smallest absolute Gasteiger partial charge is 0.272 e. The SMILES string of the molecule is CN(C)C(=O)c1cc(NC(=O)Cc2c[nH]c3ccccc23)ccn1. The van der Waals surface area contributed by atoms with Crippen molar-refractivity contribution in [3.05, 3.63) is 60.0 Å². The van der Waals surface area contributed by atoms with E-state index < -0.39 is 0 Å². The summed E-state index contributed by atoms with van der Waals surface area (Å²) in [6.07, 6.45) is 3.61. The molecule has 1 aromatic carbocycles. The van der Waals surface area contributed by atoms with Crippen LogP contribution in [0.25, 0.3) is 10.9 Å². The van der Waals surface area contributed by atoms with Crippen LogP contribution >= 0.6 is 0 Å². The molecule has 3 aromatic rings. The van der Waals surface area contributed by atoms with Crippen molar-refractivity contribution in [2.45, 2.75) is 6.42 Å². The first-order chi connectivity index (χ1) is 11.5. The molecule has 2 N–H and O–H groups in total. The molecular formula is C18H18N4O2. The maximum Gasteiger partial charge on any atom is 0.272 e. The van der Waals surface area contributed by atoms with Crippen molar-refractivity contribution in [1.29, 1.82) is 0 Å². The van der Waals surface area contributed by atoms with Crippen molar-refractivity contribution < 1.29 is 9.59 Å². The van der Waals surface area contributed by atoms with Gasteiger partial charge in [0.05, 0.1) is 6.42 Å². The number of fused-ring (bicyclic) bond motifs is 1. The molecule has 2 aromatic heterocycles. The van der Waals surface area contributed by atoms with Gasteiger partial charge in [-0.2, -0.15) is 0 Å². The molecule has 122 valence electrons. The van der Waals surface area contributed by atoms with Gasteiger partial charge in [-0.1, -0.05) is 18.2 Å². The fourth-order valence-electron chi connectivity index (χ4n) is 2.51. The van der Waals surface area contributed by atoms with Crippen LogP contribution in [0, 0.1) is 0 Å². The Labute approximate surface area is 139 Å². The molecule has 0 aliphatic heterocycles. The van der Waals surface area contributed by atoms with Gasteiger partial charge in [0, 0.05) is 43.1 Å². The summed E-state index contributed by atoms with van der Waals surface area (Å²) >= 11 is 0. The van der Waals surface area contributed by atoms with Crippen LogP contribution in [0.2, 0.25) is 0 Å². The molecule has 0 aliphatic carbocycles. The Hall–Kier alpha value is -3.15. The summed E-state index contributed by atoms with van der Waals surface area (Å²) in [5.74, 6) is -0.350. The third kappa shape index (κ3) is 3.27. The van der Waals surface area contributed by atoms with E-state index in [-0.39, 0.29) is 18.2 Å². The molecule has 0 aliphatic rings. The van der Waals surface area contributed by atoms with E-state index >= 15 is 0 Å². The molecule has 0 spiro atoms. The molecule has 0 unspecified atom stereocenters. The highest BCUT2D eigenvalue weighted by Gasteiger charge is 2.12. The van der Waals surface area contributed by atoms with Crippen LogP contribution in [0.4, 0.5) is 5.69 Å². The highest BCUT2D eigenvalue weighted by molar-refractivity contribution is 5.97. The summed E-state index contributed by atoms with van der Waals surface area (Å²) in [7, 11) is 3.32. The highest BCUT2D eigenvalue weighted by atomic mass is 16.2. The van der Waals surface area contributed by atoms with Gasteiger partial charge in [0.25, 0.3) is 5.91 Å². The van der Waals surface area contributed by atoms with Gasteiger partial charge in [-0.05, 0) is 23.8 Å². The van der Waals surface area contributed by atoms with Crippen molar-refractivity contribution in [3.63, 3.8) is 0 Å². The third-order valence-corrected chi connectivity index (χ3v) is 3.69. The summed E-state index contributed by atoms with van der Waals surface area (Å²) in [6.45, 7) is 0. The van der Waals surface area contributed by atoms with Crippen LogP contribution in [0.3, 0.4) is 0 Å². The molecule has 2 heterocycles. The van der Waals surface area contributed by atoms with Crippen LogP contribution in [0.5, 0.6) is 0 Å². The average Bonchev–Trinajstić information content (AvgIpc) is 2.97. The van der Waals surface area contributed by atoms with E-state index in [1.165, 1.54) is 11.1 Å². The van der Waals surface area contributed by atoms with Crippen LogP contribution in [0.15, 0.2) is 48.8 Å². The number of hydrogen-bond acceptors (Lipinski definition) is 3. The molecule has 0 saturated heterocycles. The number of nitrogens with one attached hydrogen (secondary N) is 2. The van der Waals surface area contributed by atoms with Gasteiger partial charge in [-0.3, -0.25) is 14.6 Å². The second-order valence-corrected chi connectivity index (χ2v) is 5.71. The Morgan fingerprint density at radius 3 is 2.79 bits per heavy atom. The molecule has 0 radical (unpaired) electrons. The molecule has 6 nitrogen and oxygen atoms in total. The van der Waals surface area contributed by atoms with Gasteiger partial charge in [0.15, 0.2) is 0 Å². The Morgan fingerprint density at radius 1 is 1.21 bits per heavy atom. The van der Waals surface area contributed by atoms with E-state index in [0.29, 0.717) is 11.4 Å². The molecule has 24 heavy (non-hydrogen) atoms. The number of hydrogen-bond donors (Lipinski definition) is 2. The monoisotopic (exact) mass is 322 g/mol. The van der Waals surface area contributed by atoms with Crippen molar-refractivity contribution in [3.8, 4) is 0 Å². The average molecular weight is 322 g/mol. The zero-order valence-corrected chi connectivity index (χ0v) is 13.5. The first kappa shape index (κ1) is 15.7. The zero-order chi connectivity index (χ0) is 17.1. The van der Waals surface area contributed by atoms with Crippen LogP contribution < -0.4 is 5.32 Å². The van der Waals surface area contributed by atoms with E-state index in [9.17, 15) is 9.59 Å². The number of amides is 2. The number of carbonyl (C=O) groups is 2. The Balaban J connectivity index is 1.73. The predicted molar refractivity (Wildman–Crippen MR) is 92.9 cm³/mol. The molecule has 6 heteroatoms. The highest BCUT2D eigenvalue weighted by Crippen LogP contribution is 2.18. The van der Waals surface area contributed by atoms with E-state index in [4.69, 9.17) is 0 Å². The van der Waals surface area contributed by atoms with Crippen molar-refractivity contribution in [1.82, 2.24) is 14.9 Å². The topological polar surface area (TPSA) is 78.1 Å². The van der Waals surface area contributed by atoms with Gasteiger partial charge < -0.3 is 15.2 Å². The van der Waals surface area contributed by atoms with Crippen LogP contribution in [-0.4, -0.2) is 40.8 Å². The van der Waals surface area contributed by atoms with Gasteiger partial charge in [0.1, 0.15) is 5.69 Å². The maximum atomic E-state index is 12.3. The number of rotatable bonds is 4. The second kappa shape index (κ2) is 6.54.